The van der Waals surface area contributed by atoms with E-state index < -0.39 is 5.97 Å². The van der Waals surface area contributed by atoms with Crippen LogP contribution in [0.5, 0.6) is 0 Å². The van der Waals surface area contributed by atoms with Crippen LogP contribution in [0.15, 0.2) is 16.9 Å². The number of fused-ring (bicyclic) bond motifs is 1. The number of hydrogen-bond donors (Lipinski definition) is 1. The summed E-state index contributed by atoms with van der Waals surface area (Å²) >= 11 is 0. The van der Waals surface area contributed by atoms with Gasteiger partial charge in [-0.1, -0.05) is 0 Å². The summed E-state index contributed by atoms with van der Waals surface area (Å²) in [5, 5.41) is 9.01. The molecule has 0 bridgehead atoms. The van der Waals surface area contributed by atoms with Crippen molar-refractivity contribution in [3.05, 3.63) is 28.0 Å². The quantitative estimate of drug-likeness (QED) is 0.725. The molecule has 2 heterocycles. The molecule has 0 saturated heterocycles. The molecule has 1 N–H and O–H groups in total. The molecule has 0 atom stereocenters. The number of pyridine rings is 1. The lowest BCUT2D eigenvalue weighted by molar-refractivity contribution is 0.0696. The Morgan fingerprint density at radius 2 is 2.13 bits per heavy atom. The first-order valence-electron chi connectivity index (χ1n) is 4.79. The summed E-state index contributed by atoms with van der Waals surface area (Å²) in [6, 6.07) is 2.68. The van der Waals surface area contributed by atoms with Gasteiger partial charge in [0.2, 0.25) is 0 Å². The van der Waals surface area contributed by atoms with Crippen LogP contribution in [0.1, 0.15) is 16.8 Å². The average molecular weight is 208 g/mol. The van der Waals surface area contributed by atoms with E-state index in [0.717, 1.165) is 13.0 Å². The van der Waals surface area contributed by atoms with Crippen LogP contribution in [-0.4, -0.2) is 29.2 Å². The summed E-state index contributed by atoms with van der Waals surface area (Å²) in [6.45, 7) is 1.38. The van der Waals surface area contributed by atoms with Crippen molar-refractivity contribution in [2.75, 3.05) is 18.5 Å². The zero-order valence-corrected chi connectivity index (χ0v) is 8.43. The standard InChI is InChI=1S/C10H12N2O3/c1-11-5-2-6-12-8(13)4-3-7(9(11)12)10(14)15/h3-4H,2,5-6H2,1H3,(H,14,15). The zero-order chi connectivity index (χ0) is 11.0. The van der Waals surface area contributed by atoms with Gasteiger partial charge in [0.05, 0.1) is 0 Å². The number of nitrogens with zero attached hydrogens (tertiary/aromatic N) is 2. The van der Waals surface area contributed by atoms with E-state index in [1.54, 1.807) is 7.05 Å². The molecule has 0 fully saturated rings. The number of rotatable bonds is 1. The molecule has 2 rings (SSSR count). The molecule has 1 aliphatic heterocycles. The Bertz CT molecular complexity index is 464. The van der Waals surface area contributed by atoms with Crippen molar-refractivity contribution in [2.24, 2.45) is 0 Å². The lowest BCUT2D eigenvalue weighted by Crippen LogP contribution is -2.36. The van der Waals surface area contributed by atoms with Crippen LogP contribution in [0.25, 0.3) is 0 Å². The minimum absolute atomic E-state index is 0.137. The minimum atomic E-state index is -0.993. The topological polar surface area (TPSA) is 62.5 Å². The van der Waals surface area contributed by atoms with E-state index in [2.05, 4.69) is 0 Å². The second-order valence-electron chi connectivity index (χ2n) is 3.64. The summed E-state index contributed by atoms with van der Waals surface area (Å²) in [4.78, 5) is 24.3. The summed E-state index contributed by atoms with van der Waals surface area (Å²) in [5.41, 5.74) is 0.0540. The van der Waals surface area contributed by atoms with E-state index in [4.69, 9.17) is 5.11 Å². The van der Waals surface area contributed by atoms with E-state index in [9.17, 15) is 9.59 Å². The summed E-state index contributed by atoms with van der Waals surface area (Å²) in [5.74, 6) is -0.478. The third-order valence-electron chi connectivity index (χ3n) is 2.62. The first-order valence-corrected chi connectivity index (χ1v) is 4.79. The van der Waals surface area contributed by atoms with Gasteiger partial charge in [-0.25, -0.2) is 4.79 Å². The molecule has 0 unspecified atom stereocenters. The molecule has 0 aromatic carbocycles. The number of aromatic carboxylic acids is 1. The summed E-state index contributed by atoms with van der Waals surface area (Å²) < 4.78 is 1.52. The molecular weight excluding hydrogens is 196 g/mol. The SMILES string of the molecule is CN1CCCn2c1c(C(=O)O)ccc2=O. The maximum atomic E-state index is 11.5. The Labute approximate surface area is 86.6 Å². The van der Waals surface area contributed by atoms with E-state index in [1.165, 1.54) is 16.7 Å². The normalized spacial score (nSPS) is 14.9. The van der Waals surface area contributed by atoms with Crippen molar-refractivity contribution in [2.45, 2.75) is 13.0 Å². The van der Waals surface area contributed by atoms with E-state index in [-0.39, 0.29) is 11.1 Å². The second-order valence-corrected chi connectivity index (χ2v) is 3.64. The van der Waals surface area contributed by atoms with E-state index in [1.807, 2.05) is 4.90 Å². The van der Waals surface area contributed by atoms with Gasteiger partial charge >= 0.3 is 5.97 Å². The maximum absolute atomic E-state index is 11.5. The molecule has 1 aromatic rings. The van der Waals surface area contributed by atoms with Gasteiger partial charge in [-0.2, -0.15) is 0 Å². The highest BCUT2D eigenvalue weighted by Gasteiger charge is 2.21. The molecule has 0 spiro atoms. The molecule has 1 aliphatic rings. The highest BCUT2D eigenvalue weighted by molar-refractivity contribution is 5.93. The highest BCUT2D eigenvalue weighted by atomic mass is 16.4. The van der Waals surface area contributed by atoms with Crippen molar-refractivity contribution in [1.82, 2.24) is 4.57 Å². The van der Waals surface area contributed by atoms with Gasteiger partial charge < -0.3 is 10.0 Å². The van der Waals surface area contributed by atoms with Gasteiger partial charge in [0.25, 0.3) is 5.56 Å². The number of carboxylic acid groups (broad SMARTS) is 1. The Hall–Kier alpha value is -1.78. The van der Waals surface area contributed by atoms with Gasteiger partial charge in [0, 0.05) is 26.2 Å². The molecule has 0 amide bonds. The Morgan fingerprint density at radius 3 is 2.80 bits per heavy atom. The second kappa shape index (κ2) is 3.42. The molecule has 0 aliphatic carbocycles. The van der Waals surface area contributed by atoms with Crippen LogP contribution in [0, 0.1) is 0 Å². The Balaban J connectivity index is 2.70. The van der Waals surface area contributed by atoms with Gasteiger partial charge in [-0.05, 0) is 12.5 Å². The monoisotopic (exact) mass is 208 g/mol. The van der Waals surface area contributed by atoms with Crippen molar-refractivity contribution < 1.29 is 9.90 Å². The maximum Gasteiger partial charge on any atom is 0.339 e. The molecule has 1 aromatic heterocycles. The van der Waals surface area contributed by atoms with Gasteiger partial charge in [-0.3, -0.25) is 9.36 Å². The molecule has 0 radical (unpaired) electrons. The first-order chi connectivity index (χ1) is 7.11. The van der Waals surface area contributed by atoms with Crippen LogP contribution >= 0.6 is 0 Å². The molecule has 15 heavy (non-hydrogen) atoms. The van der Waals surface area contributed by atoms with Crippen LogP contribution in [0.3, 0.4) is 0 Å². The van der Waals surface area contributed by atoms with E-state index >= 15 is 0 Å². The van der Waals surface area contributed by atoms with E-state index in [0.29, 0.717) is 12.4 Å². The van der Waals surface area contributed by atoms with Gasteiger partial charge in [-0.15, -0.1) is 0 Å². The molecule has 0 saturated carbocycles. The van der Waals surface area contributed by atoms with Gasteiger partial charge in [0.1, 0.15) is 11.4 Å². The molecule has 5 nitrogen and oxygen atoms in total. The fraction of sp³-hybridized carbons (Fsp3) is 0.400. The number of aromatic nitrogens is 1. The average Bonchev–Trinajstić information content (AvgIpc) is 2.19. The molecule has 5 heteroatoms. The molecule has 80 valence electrons. The predicted octanol–water partition coefficient (Wildman–Crippen LogP) is 0.386. The molecular formula is C10H12N2O3. The van der Waals surface area contributed by atoms with Crippen LogP contribution < -0.4 is 10.5 Å². The lowest BCUT2D eigenvalue weighted by Gasteiger charge is -2.29. The Kier molecular flexibility index (Phi) is 2.22. The van der Waals surface area contributed by atoms with Crippen LogP contribution in [0.4, 0.5) is 5.82 Å². The fourth-order valence-electron chi connectivity index (χ4n) is 1.94. The minimum Gasteiger partial charge on any atom is -0.478 e. The van der Waals surface area contributed by atoms with Crippen molar-refractivity contribution in [3.63, 3.8) is 0 Å². The van der Waals surface area contributed by atoms with Crippen LogP contribution in [0.2, 0.25) is 0 Å². The Morgan fingerprint density at radius 1 is 1.40 bits per heavy atom. The fourth-order valence-corrected chi connectivity index (χ4v) is 1.94. The van der Waals surface area contributed by atoms with Crippen molar-refractivity contribution >= 4 is 11.8 Å². The van der Waals surface area contributed by atoms with Crippen molar-refractivity contribution in [1.29, 1.82) is 0 Å². The van der Waals surface area contributed by atoms with Gasteiger partial charge in [0.15, 0.2) is 0 Å². The van der Waals surface area contributed by atoms with Crippen LogP contribution in [-0.2, 0) is 6.54 Å². The summed E-state index contributed by atoms with van der Waals surface area (Å²) in [6.07, 6.45) is 0.868. The lowest BCUT2D eigenvalue weighted by atomic mass is 10.2. The number of carboxylic acids is 1. The van der Waals surface area contributed by atoms with Crippen molar-refractivity contribution in [3.8, 4) is 0 Å². The smallest absolute Gasteiger partial charge is 0.339 e. The summed E-state index contributed by atoms with van der Waals surface area (Å²) in [7, 11) is 1.80. The third kappa shape index (κ3) is 1.49. The number of carbonyl (C=O) groups is 1. The largest absolute Gasteiger partial charge is 0.478 e. The zero-order valence-electron chi connectivity index (χ0n) is 8.43. The highest BCUT2D eigenvalue weighted by Crippen LogP contribution is 2.21. The number of anilines is 1. The third-order valence-corrected chi connectivity index (χ3v) is 2.62. The number of hydrogen-bond acceptors (Lipinski definition) is 3. The predicted molar refractivity (Wildman–Crippen MR) is 55.5 cm³/mol. The first kappa shape index (κ1) is 9.76.